The predicted molar refractivity (Wildman–Crippen MR) is 78.7 cm³/mol. The molecule has 0 saturated carbocycles. The van der Waals surface area contributed by atoms with Gasteiger partial charge in [-0.1, -0.05) is 6.92 Å². The summed E-state index contributed by atoms with van der Waals surface area (Å²) < 4.78 is 4.98. The van der Waals surface area contributed by atoms with Gasteiger partial charge in [0.2, 0.25) is 0 Å². The summed E-state index contributed by atoms with van der Waals surface area (Å²) in [7, 11) is 3.49. The summed E-state index contributed by atoms with van der Waals surface area (Å²) >= 11 is 0. The minimum absolute atomic E-state index is 0.0538. The van der Waals surface area contributed by atoms with E-state index >= 15 is 0 Å². The number of nitrogens with zero attached hydrogens (tertiary/aromatic N) is 1. The van der Waals surface area contributed by atoms with E-state index < -0.39 is 0 Å². The van der Waals surface area contributed by atoms with Gasteiger partial charge in [-0.05, 0) is 37.1 Å². The molecule has 19 heavy (non-hydrogen) atoms. The van der Waals surface area contributed by atoms with Crippen molar-refractivity contribution in [3.05, 3.63) is 29.8 Å². The first kappa shape index (κ1) is 15.5. The van der Waals surface area contributed by atoms with Crippen LogP contribution < -0.4 is 5.32 Å². The van der Waals surface area contributed by atoms with Crippen LogP contribution in [-0.2, 0) is 4.74 Å². The third-order valence-electron chi connectivity index (χ3n) is 2.90. The van der Waals surface area contributed by atoms with Gasteiger partial charge in [-0.3, -0.25) is 4.79 Å². The molecule has 1 aromatic rings. The van der Waals surface area contributed by atoms with Gasteiger partial charge in [0, 0.05) is 45.1 Å². The lowest BCUT2D eigenvalue weighted by Crippen LogP contribution is -2.28. The Morgan fingerprint density at radius 1 is 1.32 bits per heavy atom. The monoisotopic (exact) mass is 264 g/mol. The highest BCUT2D eigenvalue weighted by atomic mass is 16.5. The molecule has 0 aliphatic carbocycles. The summed E-state index contributed by atoms with van der Waals surface area (Å²) in [6.07, 6.45) is 1.94. The zero-order valence-electron chi connectivity index (χ0n) is 12.1. The molecule has 0 aromatic heterocycles. The maximum Gasteiger partial charge on any atom is 0.253 e. The Hall–Kier alpha value is -1.55. The van der Waals surface area contributed by atoms with Gasteiger partial charge in [-0.2, -0.15) is 0 Å². The van der Waals surface area contributed by atoms with E-state index in [0.29, 0.717) is 13.2 Å². The van der Waals surface area contributed by atoms with Crippen LogP contribution in [0.4, 0.5) is 5.69 Å². The van der Waals surface area contributed by atoms with Gasteiger partial charge in [0.1, 0.15) is 0 Å². The molecule has 0 fully saturated rings. The van der Waals surface area contributed by atoms with Crippen molar-refractivity contribution in [3.63, 3.8) is 0 Å². The first-order chi connectivity index (χ1) is 9.19. The van der Waals surface area contributed by atoms with Gasteiger partial charge < -0.3 is 15.0 Å². The maximum atomic E-state index is 12.1. The van der Waals surface area contributed by atoms with E-state index in [1.165, 1.54) is 0 Å². The minimum atomic E-state index is 0.0538. The second kappa shape index (κ2) is 8.53. The first-order valence-electron chi connectivity index (χ1n) is 6.77. The molecule has 4 nitrogen and oxygen atoms in total. The molecule has 0 aliphatic rings. The Bertz CT molecular complexity index is 376. The SMILES string of the molecule is CCCNc1ccc(C(=O)N(C)CCCOC)cc1. The van der Waals surface area contributed by atoms with Crippen LogP contribution in [0.1, 0.15) is 30.1 Å². The standard InChI is InChI=1S/C15H24N2O2/c1-4-10-16-14-8-6-13(7-9-14)15(18)17(2)11-5-12-19-3/h6-9,16H,4-5,10-12H2,1-3H3. The number of benzene rings is 1. The predicted octanol–water partition coefficient (Wildman–Crippen LogP) is 2.62. The van der Waals surface area contributed by atoms with Gasteiger partial charge in [0.15, 0.2) is 0 Å². The molecule has 0 atom stereocenters. The van der Waals surface area contributed by atoms with Gasteiger partial charge >= 0.3 is 0 Å². The number of anilines is 1. The summed E-state index contributed by atoms with van der Waals surface area (Å²) in [5, 5.41) is 3.29. The average Bonchev–Trinajstić information content (AvgIpc) is 2.45. The van der Waals surface area contributed by atoms with Crippen LogP contribution in [0.3, 0.4) is 0 Å². The minimum Gasteiger partial charge on any atom is -0.385 e. The highest BCUT2D eigenvalue weighted by Gasteiger charge is 2.10. The summed E-state index contributed by atoms with van der Waals surface area (Å²) in [4.78, 5) is 13.9. The van der Waals surface area contributed by atoms with Crippen molar-refractivity contribution in [2.75, 3.05) is 39.2 Å². The summed E-state index contributed by atoms with van der Waals surface area (Å²) in [6, 6.07) is 7.64. The molecule has 0 unspecified atom stereocenters. The number of methoxy groups -OCH3 is 1. The average molecular weight is 264 g/mol. The summed E-state index contributed by atoms with van der Waals surface area (Å²) in [5.74, 6) is 0.0538. The number of ether oxygens (including phenoxy) is 1. The van der Waals surface area contributed by atoms with Gasteiger partial charge in [-0.25, -0.2) is 0 Å². The Labute approximate surface area is 115 Å². The number of hydrogen-bond donors (Lipinski definition) is 1. The maximum absolute atomic E-state index is 12.1. The zero-order chi connectivity index (χ0) is 14.1. The van der Waals surface area contributed by atoms with Crippen LogP contribution in [0.2, 0.25) is 0 Å². The van der Waals surface area contributed by atoms with E-state index in [9.17, 15) is 4.79 Å². The molecule has 0 aliphatic heterocycles. The van der Waals surface area contributed by atoms with Crippen molar-refractivity contribution >= 4 is 11.6 Å². The van der Waals surface area contributed by atoms with E-state index in [4.69, 9.17) is 4.74 Å². The van der Waals surface area contributed by atoms with Gasteiger partial charge in [0.05, 0.1) is 0 Å². The molecule has 0 radical (unpaired) electrons. The number of nitrogens with one attached hydrogen (secondary N) is 1. The summed E-state index contributed by atoms with van der Waals surface area (Å²) in [6.45, 7) is 4.46. The van der Waals surface area contributed by atoms with Crippen LogP contribution in [0.5, 0.6) is 0 Å². The van der Waals surface area contributed by atoms with Gasteiger partial charge in [-0.15, -0.1) is 0 Å². The number of hydrogen-bond acceptors (Lipinski definition) is 3. The highest BCUT2D eigenvalue weighted by Crippen LogP contribution is 2.11. The lowest BCUT2D eigenvalue weighted by atomic mass is 10.2. The van der Waals surface area contributed by atoms with Crippen molar-refractivity contribution in [1.29, 1.82) is 0 Å². The van der Waals surface area contributed by atoms with Crippen molar-refractivity contribution in [2.45, 2.75) is 19.8 Å². The number of rotatable bonds is 8. The van der Waals surface area contributed by atoms with Crippen molar-refractivity contribution in [3.8, 4) is 0 Å². The van der Waals surface area contributed by atoms with Crippen LogP contribution in [0, 0.1) is 0 Å². The smallest absolute Gasteiger partial charge is 0.253 e. The molecular formula is C15H24N2O2. The second-order valence-corrected chi connectivity index (χ2v) is 4.58. The molecule has 4 heteroatoms. The molecule has 1 rings (SSSR count). The lowest BCUT2D eigenvalue weighted by molar-refractivity contribution is 0.0779. The molecule has 0 spiro atoms. The molecule has 1 N–H and O–H groups in total. The second-order valence-electron chi connectivity index (χ2n) is 4.58. The van der Waals surface area contributed by atoms with Crippen LogP contribution in [0.25, 0.3) is 0 Å². The van der Waals surface area contributed by atoms with E-state index in [1.54, 1.807) is 12.0 Å². The first-order valence-corrected chi connectivity index (χ1v) is 6.77. The molecule has 0 saturated heterocycles. The fraction of sp³-hybridized carbons (Fsp3) is 0.533. The Morgan fingerprint density at radius 3 is 2.58 bits per heavy atom. The summed E-state index contributed by atoms with van der Waals surface area (Å²) in [5.41, 5.74) is 1.78. The molecule has 1 aromatic carbocycles. The molecule has 0 heterocycles. The molecular weight excluding hydrogens is 240 g/mol. The Morgan fingerprint density at radius 2 is 2.00 bits per heavy atom. The van der Waals surface area contributed by atoms with E-state index in [0.717, 1.165) is 30.6 Å². The quantitative estimate of drug-likeness (QED) is 0.734. The molecule has 1 amide bonds. The Kier molecular flexibility index (Phi) is 6.97. The topological polar surface area (TPSA) is 41.6 Å². The van der Waals surface area contributed by atoms with Crippen LogP contribution in [0.15, 0.2) is 24.3 Å². The fourth-order valence-electron chi connectivity index (χ4n) is 1.77. The van der Waals surface area contributed by atoms with Crippen molar-refractivity contribution in [1.82, 2.24) is 4.90 Å². The lowest BCUT2D eigenvalue weighted by Gasteiger charge is -2.17. The third-order valence-corrected chi connectivity index (χ3v) is 2.90. The number of amides is 1. The van der Waals surface area contributed by atoms with Crippen molar-refractivity contribution in [2.24, 2.45) is 0 Å². The van der Waals surface area contributed by atoms with Crippen LogP contribution in [-0.4, -0.2) is 44.7 Å². The number of carbonyl (C=O) groups excluding carboxylic acids is 1. The normalized spacial score (nSPS) is 10.3. The third kappa shape index (κ3) is 5.30. The van der Waals surface area contributed by atoms with E-state index in [2.05, 4.69) is 12.2 Å². The zero-order valence-corrected chi connectivity index (χ0v) is 12.1. The Balaban J connectivity index is 2.52. The highest BCUT2D eigenvalue weighted by molar-refractivity contribution is 5.94. The van der Waals surface area contributed by atoms with E-state index in [1.807, 2.05) is 31.3 Å². The molecule has 106 valence electrons. The van der Waals surface area contributed by atoms with E-state index in [-0.39, 0.29) is 5.91 Å². The van der Waals surface area contributed by atoms with Crippen molar-refractivity contribution < 1.29 is 9.53 Å². The van der Waals surface area contributed by atoms with Gasteiger partial charge in [0.25, 0.3) is 5.91 Å². The van der Waals surface area contributed by atoms with Crippen LogP contribution >= 0.6 is 0 Å². The molecule has 0 bridgehead atoms. The largest absolute Gasteiger partial charge is 0.385 e. The number of carbonyl (C=O) groups is 1. The fourth-order valence-corrected chi connectivity index (χ4v) is 1.77.